The highest BCUT2D eigenvalue weighted by molar-refractivity contribution is 4.92. The minimum absolute atomic E-state index is 0.101. The molecule has 2 aliphatic heterocycles. The quantitative estimate of drug-likeness (QED) is 0.768. The summed E-state index contributed by atoms with van der Waals surface area (Å²) in [6.45, 7) is 4.87. The highest BCUT2D eigenvalue weighted by atomic mass is 16.5. The maximum atomic E-state index is 6.03. The minimum atomic E-state index is 0.101. The van der Waals surface area contributed by atoms with Crippen molar-refractivity contribution in [1.82, 2.24) is 4.90 Å². The number of ether oxygens (including phenoxy) is 2. The zero-order valence-electron chi connectivity index (χ0n) is 10.3. The van der Waals surface area contributed by atoms with E-state index in [1.165, 1.54) is 0 Å². The van der Waals surface area contributed by atoms with Crippen LogP contribution in [0.5, 0.6) is 0 Å². The first-order chi connectivity index (χ1) is 7.78. The Balaban J connectivity index is 1.85. The Morgan fingerprint density at radius 1 is 1.44 bits per heavy atom. The summed E-state index contributed by atoms with van der Waals surface area (Å²) in [6.07, 6.45) is 4.78. The fourth-order valence-electron chi connectivity index (χ4n) is 2.90. The average Bonchev–Trinajstić information content (AvgIpc) is 2.33. The van der Waals surface area contributed by atoms with Crippen LogP contribution in [0.1, 0.15) is 25.7 Å². The summed E-state index contributed by atoms with van der Waals surface area (Å²) in [6, 6.07) is 0. The molecule has 2 rings (SSSR count). The van der Waals surface area contributed by atoms with Crippen LogP contribution in [0, 0.1) is 0 Å². The Morgan fingerprint density at radius 2 is 2.19 bits per heavy atom. The Kier molecular flexibility index (Phi) is 4.19. The third kappa shape index (κ3) is 2.74. The van der Waals surface area contributed by atoms with Crippen molar-refractivity contribution in [2.75, 3.05) is 39.9 Å². The summed E-state index contributed by atoms with van der Waals surface area (Å²) in [5.41, 5.74) is 5.68. The topological polar surface area (TPSA) is 47.7 Å². The van der Waals surface area contributed by atoms with Crippen molar-refractivity contribution in [3.8, 4) is 0 Å². The second kappa shape index (κ2) is 5.45. The van der Waals surface area contributed by atoms with Crippen molar-refractivity contribution in [2.45, 2.75) is 37.4 Å². The number of piperidine rings is 1. The highest BCUT2D eigenvalue weighted by Crippen LogP contribution is 2.35. The molecular formula is C12H24N2O2. The van der Waals surface area contributed by atoms with E-state index < -0.39 is 0 Å². The third-order valence-electron chi connectivity index (χ3n) is 3.99. The highest BCUT2D eigenvalue weighted by Gasteiger charge is 2.40. The molecule has 4 nitrogen and oxygen atoms in total. The van der Waals surface area contributed by atoms with E-state index >= 15 is 0 Å². The van der Waals surface area contributed by atoms with Crippen LogP contribution in [0.2, 0.25) is 0 Å². The number of hydrogen-bond acceptors (Lipinski definition) is 4. The van der Waals surface area contributed by atoms with E-state index in [0.717, 1.165) is 58.5 Å². The molecule has 0 unspecified atom stereocenters. The van der Waals surface area contributed by atoms with E-state index in [4.69, 9.17) is 15.2 Å². The van der Waals surface area contributed by atoms with Crippen molar-refractivity contribution < 1.29 is 9.47 Å². The van der Waals surface area contributed by atoms with Gasteiger partial charge in [-0.05, 0) is 19.3 Å². The molecule has 1 atom stereocenters. The molecule has 2 saturated heterocycles. The van der Waals surface area contributed by atoms with E-state index in [-0.39, 0.29) is 5.60 Å². The normalized spacial score (nSPS) is 30.8. The van der Waals surface area contributed by atoms with Gasteiger partial charge in [-0.1, -0.05) is 0 Å². The van der Waals surface area contributed by atoms with Crippen LogP contribution in [0.15, 0.2) is 0 Å². The van der Waals surface area contributed by atoms with Gasteiger partial charge in [-0.15, -0.1) is 0 Å². The lowest BCUT2D eigenvalue weighted by atomic mass is 9.83. The first-order valence-corrected chi connectivity index (χ1v) is 6.37. The van der Waals surface area contributed by atoms with Gasteiger partial charge in [0.25, 0.3) is 0 Å². The fraction of sp³-hybridized carbons (Fsp3) is 1.00. The monoisotopic (exact) mass is 228 g/mol. The summed E-state index contributed by atoms with van der Waals surface area (Å²) < 4.78 is 11.5. The zero-order valence-corrected chi connectivity index (χ0v) is 10.3. The maximum Gasteiger partial charge on any atom is 0.0731 e. The predicted octanol–water partition coefficient (Wildman–Crippen LogP) is 0.605. The number of methoxy groups -OCH3 is 1. The van der Waals surface area contributed by atoms with Crippen LogP contribution in [0.25, 0.3) is 0 Å². The number of nitrogens with zero attached hydrogens (tertiary/aromatic N) is 1. The number of rotatable bonds is 3. The second-order valence-corrected chi connectivity index (χ2v) is 5.01. The van der Waals surface area contributed by atoms with Crippen LogP contribution < -0.4 is 5.73 Å². The second-order valence-electron chi connectivity index (χ2n) is 5.01. The SMILES string of the molecule is CO[C@@H]1CCOC2(CCN(CCN)CC2)C1. The molecule has 16 heavy (non-hydrogen) atoms. The van der Waals surface area contributed by atoms with Crippen molar-refractivity contribution in [3.05, 3.63) is 0 Å². The fourth-order valence-corrected chi connectivity index (χ4v) is 2.90. The van der Waals surface area contributed by atoms with Crippen LogP contribution in [-0.4, -0.2) is 56.5 Å². The van der Waals surface area contributed by atoms with E-state index in [1.54, 1.807) is 0 Å². The van der Waals surface area contributed by atoms with Crippen LogP contribution in [-0.2, 0) is 9.47 Å². The van der Waals surface area contributed by atoms with E-state index in [0.29, 0.717) is 6.10 Å². The third-order valence-corrected chi connectivity index (χ3v) is 3.99. The van der Waals surface area contributed by atoms with Crippen molar-refractivity contribution in [2.24, 2.45) is 5.73 Å². The molecule has 2 N–H and O–H groups in total. The van der Waals surface area contributed by atoms with Gasteiger partial charge < -0.3 is 20.1 Å². The molecule has 0 radical (unpaired) electrons. The van der Waals surface area contributed by atoms with Gasteiger partial charge in [-0.3, -0.25) is 0 Å². The lowest BCUT2D eigenvalue weighted by Gasteiger charge is -2.45. The minimum Gasteiger partial charge on any atom is -0.381 e. The summed E-state index contributed by atoms with van der Waals surface area (Å²) in [7, 11) is 1.81. The van der Waals surface area contributed by atoms with E-state index in [2.05, 4.69) is 4.90 Å². The van der Waals surface area contributed by atoms with E-state index in [1.807, 2.05) is 7.11 Å². The molecule has 0 saturated carbocycles. The maximum absolute atomic E-state index is 6.03. The molecule has 0 aromatic rings. The standard InChI is InChI=1S/C12H24N2O2/c1-15-11-2-9-16-12(10-11)3-6-14(7-4-12)8-5-13/h11H,2-10,13H2,1H3/t11-/m1/s1. The van der Waals surface area contributed by atoms with Crippen molar-refractivity contribution >= 4 is 0 Å². The van der Waals surface area contributed by atoms with E-state index in [9.17, 15) is 0 Å². The number of nitrogens with two attached hydrogens (primary N) is 1. The molecule has 0 bridgehead atoms. The van der Waals surface area contributed by atoms with Crippen LogP contribution >= 0.6 is 0 Å². The molecule has 0 aromatic carbocycles. The Hall–Kier alpha value is -0.160. The Labute approximate surface area is 98.1 Å². The average molecular weight is 228 g/mol. The molecule has 2 fully saturated rings. The first kappa shape index (κ1) is 12.3. The van der Waals surface area contributed by atoms with Gasteiger partial charge in [0.05, 0.1) is 11.7 Å². The number of likely N-dealkylation sites (tertiary alicyclic amines) is 1. The first-order valence-electron chi connectivity index (χ1n) is 6.37. The molecule has 2 aliphatic rings. The lowest BCUT2D eigenvalue weighted by molar-refractivity contribution is -0.149. The van der Waals surface area contributed by atoms with Gasteiger partial charge in [0, 0.05) is 46.3 Å². The Bertz CT molecular complexity index is 215. The summed E-state index contributed by atoms with van der Waals surface area (Å²) >= 11 is 0. The van der Waals surface area contributed by atoms with Gasteiger partial charge in [0.15, 0.2) is 0 Å². The lowest BCUT2D eigenvalue weighted by Crippen LogP contribution is -2.51. The zero-order chi connectivity index (χ0) is 11.4. The summed E-state index contributed by atoms with van der Waals surface area (Å²) in [5.74, 6) is 0. The summed E-state index contributed by atoms with van der Waals surface area (Å²) in [4.78, 5) is 2.44. The molecule has 1 spiro atoms. The van der Waals surface area contributed by atoms with Crippen molar-refractivity contribution in [3.63, 3.8) is 0 Å². The number of hydrogen-bond donors (Lipinski definition) is 1. The predicted molar refractivity (Wildman–Crippen MR) is 63.4 cm³/mol. The molecule has 0 aromatic heterocycles. The van der Waals surface area contributed by atoms with Crippen molar-refractivity contribution in [1.29, 1.82) is 0 Å². The van der Waals surface area contributed by atoms with Gasteiger partial charge in [-0.2, -0.15) is 0 Å². The molecular weight excluding hydrogens is 204 g/mol. The largest absolute Gasteiger partial charge is 0.381 e. The van der Waals surface area contributed by atoms with Gasteiger partial charge in [0.1, 0.15) is 0 Å². The molecule has 0 aliphatic carbocycles. The van der Waals surface area contributed by atoms with Crippen LogP contribution in [0.3, 0.4) is 0 Å². The molecule has 0 amide bonds. The van der Waals surface area contributed by atoms with Crippen LogP contribution in [0.4, 0.5) is 0 Å². The smallest absolute Gasteiger partial charge is 0.0731 e. The molecule has 94 valence electrons. The van der Waals surface area contributed by atoms with Gasteiger partial charge in [0.2, 0.25) is 0 Å². The summed E-state index contributed by atoms with van der Waals surface area (Å²) in [5, 5.41) is 0. The molecule has 2 heterocycles. The van der Waals surface area contributed by atoms with Gasteiger partial charge in [-0.25, -0.2) is 0 Å². The van der Waals surface area contributed by atoms with Gasteiger partial charge >= 0.3 is 0 Å². The Morgan fingerprint density at radius 3 is 2.81 bits per heavy atom. The molecule has 4 heteroatoms.